The van der Waals surface area contributed by atoms with Gasteiger partial charge in [-0.2, -0.15) is 0 Å². The number of nitro benzene ring substituents is 1. The second-order valence-electron chi connectivity index (χ2n) is 6.02. The van der Waals surface area contributed by atoms with E-state index in [1.165, 1.54) is 24.3 Å². The Hall–Kier alpha value is -4.07. The summed E-state index contributed by atoms with van der Waals surface area (Å²) in [6, 6.07) is 15.2. The lowest BCUT2D eigenvalue weighted by atomic mass is 10.1. The van der Waals surface area contributed by atoms with Crippen LogP contribution in [0.3, 0.4) is 0 Å². The predicted octanol–water partition coefficient (Wildman–Crippen LogP) is 3.90. The number of carbonyl (C=O) groups excluding carboxylic acids is 1. The molecule has 0 amide bonds. The van der Waals surface area contributed by atoms with Crippen molar-refractivity contribution in [1.29, 1.82) is 0 Å². The van der Waals surface area contributed by atoms with Gasteiger partial charge in [-0.3, -0.25) is 10.1 Å². The number of carbonyl (C=O) groups is 1. The van der Waals surface area contributed by atoms with Gasteiger partial charge in [0.25, 0.3) is 5.69 Å². The molecule has 8 nitrogen and oxygen atoms in total. The van der Waals surface area contributed by atoms with Gasteiger partial charge in [0.15, 0.2) is 5.70 Å². The highest BCUT2D eigenvalue weighted by molar-refractivity contribution is 6.15. The first-order valence-corrected chi connectivity index (χ1v) is 8.32. The standard InChI is InChI=1S/C20H13N3O5/c1-12-17(18(22-28-12)14-7-3-2-4-8-14)19-21-16(20(24)27-19)11-13-6-5-9-15(10-13)23(25)26/h2-11H,1H3. The largest absolute Gasteiger partial charge is 0.402 e. The Labute approximate surface area is 158 Å². The fourth-order valence-electron chi connectivity index (χ4n) is 2.82. The van der Waals surface area contributed by atoms with E-state index < -0.39 is 10.9 Å². The van der Waals surface area contributed by atoms with E-state index in [0.29, 0.717) is 22.6 Å². The number of hydrogen-bond acceptors (Lipinski definition) is 7. The summed E-state index contributed by atoms with van der Waals surface area (Å²) in [7, 11) is 0. The van der Waals surface area contributed by atoms with Crippen molar-refractivity contribution in [1.82, 2.24) is 5.16 Å². The molecule has 2 heterocycles. The van der Waals surface area contributed by atoms with Crippen LogP contribution >= 0.6 is 0 Å². The third-order valence-corrected chi connectivity index (χ3v) is 4.13. The van der Waals surface area contributed by atoms with E-state index in [0.717, 1.165) is 5.56 Å². The number of benzene rings is 2. The van der Waals surface area contributed by atoms with E-state index in [4.69, 9.17) is 9.26 Å². The van der Waals surface area contributed by atoms with Crippen molar-refractivity contribution in [3.8, 4) is 11.3 Å². The van der Waals surface area contributed by atoms with Crippen LogP contribution in [-0.4, -0.2) is 21.9 Å². The average Bonchev–Trinajstić information content (AvgIpc) is 3.25. The Kier molecular flexibility index (Phi) is 4.29. The van der Waals surface area contributed by atoms with Crippen LogP contribution in [0.25, 0.3) is 17.3 Å². The Morgan fingerprint density at radius 1 is 1.11 bits per heavy atom. The minimum atomic E-state index is -0.652. The third-order valence-electron chi connectivity index (χ3n) is 4.13. The molecule has 1 aliphatic rings. The number of aromatic nitrogens is 1. The number of ether oxygens (including phenoxy) is 1. The lowest BCUT2D eigenvalue weighted by molar-refractivity contribution is -0.384. The summed E-state index contributed by atoms with van der Waals surface area (Å²) in [5.41, 5.74) is 2.23. The van der Waals surface area contributed by atoms with Crippen LogP contribution in [-0.2, 0) is 9.53 Å². The molecule has 8 heteroatoms. The topological polar surface area (TPSA) is 108 Å². The van der Waals surface area contributed by atoms with Crippen molar-refractivity contribution in [2.75, 3.05) is 0 Å². The molecule has 0 N–H and O–H groups in total. The normalized spacial score (nSPS) is 14.8. The molecule has 0 spiro atoms. The highest BCUT2D eigenvalue weighted by Crippen LogP contribution is 2.29. The van der Waals surface area contributed by atoms with Crippen molar-refractivity contribution >= 4 is 23.6 Å². The molecule has 28 heavy (non-hydrogen) atoms. The smallest absolute Gasteiger partial charge is 0.363 e. The zero-order valence-electron chi connectivity index (χ0n) is 14.7. The predicted molar refractivity (Wildman–Crippen MR) is 100 cm³/mol. The second kappa shape index (κ2) is 6.92. The first-order valence-electron chi connectivity index (χ1n) is 8.32. The number of hydrogen-bond donors (Lipinski definition) is 0. The number of aryl methyl sites for hydroxylation is 1. The quantitative estimate of drug-likeness (QED) is 0.296. The molecule has 0 saturated heterocycles. The van der Waals surface area contributed by atoms with Crippen molar-refractivity contribution < 1.29 is 19.0 Å². The fourth-order valence-corrected chi connectivity index (χ4v) is 2.82. The van der Waals surface area contributed by atoms with Crippen molar-refractivity contribution in [3.05, 3.63) is 87.3 Å². The number of nitro groups is 1. The van der Waals surface area contributed by atoms with Crippen molar-refractivity contribution in [2.24, 2.45) is 4.99 Å². The SMILES string of the molecule is Cc1onc(-c2ccccc2)c1C1=NC(=Cc2cccc([N+](=O)[O-])c2)C(=O)O1. The molecule has 2 aromatic carbocycles. The number of nitrogens with zero attached hydrogens (tertiary/aromatic N) is 3. The zero-order chi connectivity index (χ0) is 19.7. The van der Waals surface area contributed by atoms with Gasteiger partial charge in [-0.25, -0.2) is 9.79 Å². The van der Waals surface area contributed by atoms with E-state index in [1.807, 2.05) is 30.3 Å². The molecule has 0 atom stereocenters. The summed E-state index contributed by atoms with van der Waals surface area (Å²) >= 11 is 0. The van der Waals surface area contributed by atoms with Crippen LogP contribution in [0.2, 0.25) is 0 Å². The van der Waals surface area contributed by atoms with Crippen LogP contribution in [0.4, 0.5) is 5.69 Å². The van der Waals surface area contributed by atoms with Crippen molar-refractivity contribution in [2.45, 2.75) is 6.92 Å². The van der Waals surface area contributed by atoms with E-state index in [2.05, 4.69) is 10.1 Å². The minimum Gasteiger partial charge on any atom is -0.402 e. The van der Waals surface area contributed by atoms with E-state index in [1.54, 1.807) is 13.0 Å². The van der Waals surface area contributed by atoms with Gasteiger partial charge < -0.3 is 9.26 Å². The number of aliphatic imine (C=N–C) groups is 1. The maximum absolute atomic E-state index is 12.3. The molecule has 1 aromatic heterocycles. The minimum absolute atomic E-state index is 0.0371. The summed E-state index contributed by atoms with van der Waals surface area (Å²) in [5, 5.41) is 15.0. The summed E-state index contributed by atoms with van der Waals surface area (Å²) in [6.45, 7) is 1.70. The van der Waals surface area contributed by atoms with E-state index in [9.17, 15) is 14.9 Å². The van der Waals surface area contributed by atoms with Crippen LogP contribution in [0, 0.1) is 17.0 Å². The third kappa shape index (κ3) is 3.18. The van der Waals surface area contributed by atoms with Gasteiger partial charge in [0, 0.05) is 17.7 Å². The van der Waals surface area contributed by atoms with Gasteiger partial charge in [-0.15, -0.1) is 0 Å². The number of cyclic esters (lactones) is 1. The summed E-state index contributed by atoms with van der Waals surface area (Å²) in [5.74, 6) is -0.109. The first kappa shape index (κ1) is 17.3. The maximum atomic E-state index is 12.3. The summed E-state index contributed by atoms with van der Waals surface area (Å²) in [6.07, 6.45) is 1.44. The molecule has 0 radical (unpaired) electrons. The molecule has 3 aromatic rings. The molecule has 0 saturated carbocycles. The molecule has 138 valence electrons. The zero-order valence-corrected chi connectivity index (χ0v) is 14.7. The molecule has 0 fully saturated rings. The molecule has 0 bridgehead atoms. The van der Waals surface area contributed by atoms with Crippen LogP contribution in [0.5, 0.6) is 0 Å². The van der Waals surface area contributed by atoms with Gasteiger partial charge in [0.05, 0.1) is 4.92 Å². The number of esters is 1. The first-order chi connectivity index (χ1) is 13.5. The lowest BCUT2D eigenvalue weighted by Crippen LogP contribution is -2.07. The highest BCUT2D eigenvalue weighted by atomic mass is 16.6. The highest BCUT2D eigenvalue weighted by Gasteiger charge is 2.30. The molecular formula is C20H13N3O5. The molecule has 1 aliphatic heterocycles. The molecule has 4 rings (SSSR count). The van der Waals surface area contributed by atoms with Gasteiger partial charge in [0.1, 0.15) is 17.0 Å². The van der Waals surface area contributed by atoms with E-state index in [-0.39, 0.29) is 17.3 Å². The van der Waals surface area contributed by atoms with Crippen LogP contribution in [0.15, 0.2) is 69.8 Å². The summed E-state index contributed by atoms with van der Waals surface area (Å²) < 4.78 is 10.6. The Morgan fingerprint density at radius 3 is 2.64 bits per heavy atom. The van der Waals surface area contributed by atoms with E-state index >= 15 is 0 Å². The maximum Gasteiger partial charge on any atom is 0.363 e. The van der Waals surface area contributed by atoms with Crippen LogP contribution < -0.4 is 0 Å². The number of non-ortho nitro benzene ring substituents is 1. The lowest BCUT2D eigenvalue weighted by Gasteiger charge is -2.01. The Morgan fingerprint density at radius 2 is 1.89 bits per heavy atom. The Bertz CT molecular complexity index is 1150. The van der Waals surface area contributed by atoms with Crippen LogP contribution in [0.1, 0.15) is 16.9 Å². The molecule has 0 aliphatic carbocycles. The summed E-state index contributed by atoms with van der Waals surface area (Å²) in [4.78, 5) is 27.0. The van der Waals surface area contributed by atoms with Gasteiger partial charge in [0.2, 0.25) is 5.90 Å². The molecular weight excluding hydrogens is 362 g/mol. The van der Waals surface area contributed by atoms with Gasteiger partial charge in [-0.05, 0) is 18.6 Å². The monoisotopic (exact) mass is 375 g/mol. The average molecular weight is 375 g/mol. The fraction of sp³-hybridized carbons (Fsp3) is 0.0500. The van der Waals surface area contributed by atoms with Gasteiger partial charge in [-0.1, -0.05) is 47.6 Å². The van der Waals surface area contributed by atoms with Gasteiger partial charge >= 0.3 is 5.97 Å². The second-order valence-corrected chi connectivity index (χ2v) is 6.02. The van der Waals surface area contributed by atoms with Crippen molar-refractivity contribution in [3.63, 3.8) is 0 Å². The molecule has 0 unspecified atom stereocenters. The number of rotatable bonds is 4. The Balaban J connectivity index is 1.74.